The molecule has 2 rings (SSSR count). The molecule has 2 aromatic carbocycles. The molecule has 22 heavy (non-hydrogen) atoms. The molecule has 0 saturated carbocycles. The van der Waals surface area contributed by atoms with Crippen molar-refractivity contribution >= 4 is 35.0 Å². The van der Waals surface area contributed by atoms with Crippen molar-refractivity contribution in [3.05, 3.63) is 58.6 Å². The van der Waals surface area contributed by atoms with E-state index in [0.717, 1.165) is 12.1 Å². The Hall–Kier alpha value is -2.67. The molecule has 0 saturated heterocycles. The zero-order chi connectivity index (χ0) is 16.3. The first-order chi connectivity index (χ1) is 10.3. The lowest BCUT2D eigenvalue weighted by molar-refractivity contribution is 0.0698. The van der Waals surface area contributed by atoms with E-state index >= 15 is 0 Å². The number of carbonyl (C=O) groups is 2. The second-order valence-electron chi connectivity index (χ2n) is 4.23. The second-order valence-corrected chi connectivity index (χ2v) is 4.67. The summed E-state index contributed by atoms with van der Waals surface area (Å²) in [7, 11) is 0. The van der Waals surface area contributed by atoms with E-state index in [9.17, 15) is 18.4 Å². The van der Waals surface area contributed by atoms with E-state index in [2.05, 4.69) is 10.6 Å². The van der Waals surface area contributed by atoms with Gasteiger partial charge in [0.2, 0.25) is 0 Å². The first-order valence-electron chi connectivity index (χ1n) is 5.92. The van der Waals surface area contributed by atoms with Crippen molar-refractivity contribution in [3.8, 4) is 0 Å². The summed E-state index contributed by atoms with van der Waals surface area (Å²) in [5, 5.41) is 13.7. The van der Waals surface area contributed by atoms with E-state index in [1.807, 2.05) is 0 Å². The van der Waals surface area contributed by atoms with Gasteiger partial charge in [0.05, 0.1) is 11.3 Å². The van der Waals surface area contributed by atoms with Crippen molar-refractivity contribution < 1.29 is 23.5 Å². The molecule has 0 spiro atoms. The number of urea groups is 1. The topological polar surface area (TPSA) is 78.4 Å². The molecule has 3 N–H and O–H groups in total. The Labute approximate surface area is 128 Å². The fourth-order valence-electron chi connectivity index (χ4n) is 1.71. The van der Waals surface area contributed by atoms with Crippen molar-refractivity contribution in [1.82, 2.24) is 0 Å². The Morgan fingerprint density at radius 2 is 1.64 bits per heavy atom. The summed E-state index contributed by atoms with van der Waals surface area (Å²) in [4.78, 5) is 22.8. The molecular weight excluding hydrogens is 318 g/mol. The lowest BCUT2D eigenvalue weighted by Crippen LogP contribution is -2.21. The van der Waals surface area contributed by atoms with Gasteiger partial charge in [-0.15, -0.1) is 0 Å². The number of benzene rings is 2. The minimum atomic E-state index is -1.28. The van der Waals surface area contributed by atoms with E-state index in [-0.39, 0.29) is 22.0 Å². The first kappa shape index (κ1) is 15.7. The van der Waals surface area contributed by atoms with Crippen LogP contribution in [-0.2, 0) is 0 Å². The Morgan fingerprint density at radius 1 is 1.00 bits per heavy atom. The van der Waals surface area contributed by atoms with Gasteiger partial charge in [0.1, 0.15) is 11.6 Å². The summed E-state index contributed by atoms with van der Waals surface area (Å²) in [5.41, 5.74) is -0.333. The molecule has 0 bridgehead atoms. The van der Waals surface area contributed by atoms with Crippen molar-refractivity contribution in [1.29, 1.82) is 0 Å². The van der Waals surface area contributed by atoms with Gasteiger partial charge in [-0.3, -0.25) is 0 Å². The number of halogens is 3. The molecule has 2 aromatic rings. The van der Waals surface area contributed by atoms with Crippen LogP contribution in [0.3, 0.4) is 0 Å². The zero-order valence-corrected chi connectivity index (χ0v) is 11.6. The highest BCUT2D eigenvalue weighted by atomic mass is 35.5. The van der Waals surface area contributed by atoms with E-state index in [1.54, 1.807) is 0 Å². The standard InChI is InChI=1S/C14H9ClF2N2O3/c15-7-1-2-12(11(3-7)13(20)21)19-14(22)18-10-5-8(16)4-9(17)6-10/h1-6H,(H,20,21)(H2,18,19,22). The number of hydrogen-bond acceptors (Lipinski definition) is 2. The van der Waals surface area contributed by atoms with E-state index < -0.39 is 23.6 Å². The summed E-state index contributed by atoms with van der Waals surface area (Å²) < 4.78 is 26.0. The van der Waals surface area contributed by atoms with E-state index in [4.69, 9.17) is 16.7 Å². The fraction of sp³-hybridized carbons (Fsp3) is 0. The molecule has 114 valence electrons. The van der Waals surface area contributed by atoms with Crippen molar-refractivity contribution in [2.24, 2.45) is 0 Å². The van der Waals surface area contributed by atoms with Gasteiger partial charge in [-0.2, -0.15) is 0 Å². The van der Waals surface area contributed by atoms with Gasteiger partial charge in [-0.25, -0.2) is 18.4 Å². The maximum absolute atomic E-state index is 13.0. The smallest absolute Gasteiger partial charge is 0.337 e. The summed E-state index contributed by atoms with van der Waals surface area (Å²) in [6.45, 7) is 0. The lowest BCUT2D eigenvalue weighted by Gasteiger charge is -2.10. The third-order valence-corrected chi connectivity index (χ3v) is 2.82. The van der Waals surface area contributed by atoms with Crippen LogP contribution in [0, 0.1) is 11.6 Å². The average molecular weight is 327 g/mol. The van der Waals surface area contributed by atoms with Crippen LogP contribution >= 0.6 is 11.6 Å². The maximum atomic E-state index is 13.0. The summed E-state index contributed by atoms with van der Waals surface area (Å²) in [5.74, 6) is -2.99. The Kier molecular flexibility index (Phi) is 4.57. The molecule has 8 heteroatoms. The molecule has 0 aliphatic carbocycles. The van der Waals surface area contributed by atoms with Gasteiger partial charge in [0, 0.05) is 16.8 Å². The zero-order valence-electron chi connectivity index (χ0n) is 10.9. The van der Waals surface area contributed by atoms with Crippen LogP contribution in [0.2, 0.25) is 5.02 Å². The number of carbonyl (C=O) groups excluding carboxylic acids is 1. The lowest BCUT2D eigenvalue weighted by atomic mass is 10.2. The highest BCUT2D eigenvalue weighted by molar-refractivity contribution is 6.31. The van der Waals surface area contributed by atoms with Gasteiger partial charge in [-0.05, 0) is 30.3 Å². The Balaban J connectivity index is 2.17. The highest BCUT2D eigenvalue weighted by Crippen LogP contribution is 2.21. The molecule has 0 radical (unpaired) electrons. The molecule has 0 unspecified atom stereocenters. The van der Waals surface area contributed by atoms with Gasteiger partial charge >= 0.3 is 12.0 Å². The van der Waals surface area contributed by atoms with Crippen LogP contribution in [0.4, 0.5) is 25.0 Å². The summed E-state index contributed by atoms with van der Waals surface area (Å²) >= 11 is 5.69. The minimum Gasteiger partial charge on any atom is -0.478 e. The summed E-state index contributed by atoms with van der Waals surface area (Å²) in [6, 6.07) is 5.51. The molecule has 0 atom stereocenters. The predicted molar refractivity (Wildman–Crippen MR) is 77.4 cm³/mol. The van der Waals surface area contributed by atoms with Crippen molar-refractivity contribution in [2.75, 3.05) is 10.6 Å². The van der Waals surface area contributed by atoms with Gasteiger partial charge in [0.25, 0.3) is 0 Å². The predicted octanol–water partition coefficient (Wildman–Crippen LogP) is 3.96. The van der Waals surface area contributed by atoms with Crippen molar-refractivity contribution in [3.63, 3.8) is 0 Å². The van der Waals surface area contributed by atoms with Gasteiger partial charge in [0.15, 0.2) is 0 Å². The largest absolute Gasteiger partial charge is 0.478 e. The summed E-state index contributed by atoms with van der Waals surface area (Å²) in [6.07, 6.45) is 0. The molecule has 2 amide bonds. The number of amides is 2. The number of rotatable bonds is 3. The van der Waals surface area contributed by atoms with E-state index in [0.29, 0.717) is 6.07 Å². The van der Waals surface area contributed by atoms with Crippen LogP contribution in [0.25, 0.3) is 0 Å². The van der Waals surface area contributed by atoms with Crippen LogP contribution in [0.15, 0.2) is 36.4 Å². The normalized spacial score (nSPS) is 10.1. The molecular formula is C14H9ClF2N2O3. The maximum Gasteiger partial charge on any atom is 0.337 e. The molecule has 0 aliphatic rings. The SMILES string of the molecule is O=C(Nc1cc(F)cc(F)c1)Nc1ccc(Cl)cc1C(=O)O. The number of nitrogens with one attached hydrogen (secondary N) is 2. The van der Waals surface area contributed by atoms with Gasteiger partial charge in [-0.1, -0.05) is 11.6 Å². The van der Waals surface area contributed by atoms with Crippen LogP contribution in [-0.4, -0.2) is 17.1 Å². The number of anilines is 2. The molecule has 0 heterocycles. The second kappa shape index (κ2) is 6.40. The highest BCUT2D eigenvalue weighted by Gasteiger charge is 2.13. The Bertz CT molecular complexity index is 733. The average Bonchev–Trinajstić information content (AvgIpc) is 2.39. The third kappa shape index (κ3) is 3.92. The number of hydrogen-bond donors (Lipinski definition) is 3. The van der Waals surface area contributed by atoms with Crippen LogP contribution in [0.5, 0.6) is 0 Å². The Morgan fingerprint density at radius 3 is 2.23 bits per heavy atom. The first-order valence-corrected chi connectivity index (χ1v) is 6.30. The number of aromatic carboxylic acids is 1. The number of carboxylic acid groups (broad SMARTS) is 1. The van der Waals surface area contributed by atoms with E-state index in [1.165, 1.54) is 18.2 Å². The number of carboxylic acids is 1. The molecule has 0 aliphatic heterocycles. The molecule has 5 nitrogen and oxygen atoms in total. The van der Waals surface area contributed by atoms with Gasteiger partial charge < -0.3 is 15.7 Å². The van der Waals surface area contributed by atoms with Crippen LogP contribution < -0.4 is 10.6 Å². The van der Waals surface area contributed by atoms with Crippen molar-refractivity contribution in [2.45, 2.75) is 0 Å². The minimum absolute atomic E-state index is 0.00808. The quantitative estimate of drug-likeness (QED) is 0.798. The molecule has 0 fully saturated rings. The van der Waals surface area contributed by atoms with Crippen LogP contribution in [0.1, 0.15) is 10.4 Å². The molecule has 0 aromatic heterocycles. The fourth-order valence-corrected chi connectivity index (χ4v) is 1.89. The third-order valence-electron chi connectivity index (χ3n) is 2.58. The monoisotopic (exact) mass is 326 g/mol.